The van der Waals surface area contributed by atoms with Gasteiger partial charge in [0.1, 0.15) is 11.6 Å². The van der Waals surface area contributed by atoms with Crippen molar-refractivity contribution in [1.82, 2.24) is 0 Å². The first-order chi connectivity index (χ1) is 6.25. The second-order valence-electron chi connectivity index (χ2n) is 2.78. The van der Waals surface area contributed by atoms with E-state index in [9.17, 15) is 4.79 Å². The average Bonchev–Trinajstić information content (AvgIpc) is 2.41. The van der Waals surface area contributed by atoms with Crippen LogP contribution in [0.3, 0.4) is 0 Å². The molecule has 0 heterocycles. The highest BCUT2D eigenvalue weighted by Gasteiger charge is 2.27. The van der Waals surface area contributed by atoms with Crippen molar-refractivity contribution in [2.75, 3.05) is 0 Å². The summed E-state index contributed by atoms with van der Waals surface area (Å²) >= 11 is 0. The van der Waals surface area contributed by atoms with Gasteiger partial charge in [0.05, 0.1) is 5.70 Å². The molecule has 0 saturated heterocycles. The first kappa shape index (κ1) is 7.56. The van der Waals surface area contributed by atoms with Crippen molar-refractivity contribution < 1.29 is 4.79 Å². The third kappa shape index (κ3) is 0.859. The number of ketones is 1. The number of carbonyl (C=O) groups excluding carboxylic acids is 1. The smallest absolute Gasteiger partial charge is 0.206 e. The zero-order chi connectivity index (χ0) is 9.42. The predicted molar refractivity (Wildman–Crippen MR) is 47.5 cm³/mol. The highest BCUT2D eigenvalue weighted by molar-refractivity contribution is 6.22. The minimum atomic E-state index is -0.268. The molecule has 0 aliphatic heterocycles. The Morgan fingerprint density at radius 2 is 1.85 bits per heavy atom. The molecule has 62 valence electrons. The number of fused-ring (bicyclic) bond motifs is 1. The molecule has 0 amide bonds. The van der Waals surface area contributed by atoms with Gasteiger partial charge >= 0.3 is 0 Å². The SMILES string of the molecule is N#CC1=C(N)c2ccccc2C1=O. The number of nitrogens with zero attached hydrogens (tertiary/aromatic N) is 1. The van der Waals surface area contributed by atoms with Crippen LogP contribution in [0.1, 0.15) is 15.9 Å². The van der Waals surface area contributed by atoms with E-state index in [1.165, 1.54) is 0 Å². The van der Waals surface area contributed by atoms with Gasteiger partial charge in [-0.15, -0.1) is 0 Å². The quantitative estimate of drug-likeness (QED) is 0.633. The Labute approximate surface area is 75.1 Å². The summed E-state index contributed by atoms with van der Waals surface area (Å²) in [6.45, 7) is 0. The fraction of sp³-hybridized carbons (Fsp3) is 0. The number of benzene rings is 1. The van der Waals surface area contributed by atoms with E-state index in [-0.39, 0.29) is 11.4 Å². The van der Waals surface area contributed by atoms with Crippen molar-refractivity contribution in [3.05, 3.63) is 41.0 Å². The normalized spacial score (nSPS) is 14.2. The fourth-order valence-corrected chi connectivity index (χ4v) is 1.42. The monoisotopic (exact) mass is 170 g/mol. The summed E-state index contributed by atoms with van der Waals surface area (Å²) in [6, 6.07) is 8.78. The molecule has 0 fully saturated rings. The summed E-state index contributed by atoms with van der Waals surface area (Å²) in [7, 11) is 0. The number of allylic oxidation sites excluding steroid dienone is 1. The Balaban J connectivity index is 2.74. The maximum Gasteiger partial charge on any atom is 0.206 e. The number of hydrogen-bond acceptors (Lipinski definition) is 3. The van der Waals surface area contributed by atoms with Crippen LogP contribution < -0.4 is 5.73 Å². The Kier molecular flexibility index (Phi) is 1.43. The molecule has 1 aliphatic carbocycles. The number of nitriles is 1. The van der Waals surface area contributed by atoms with Gasteiger partial charge < -0.3 is 5.73 Å². The predicted octanol–water partition coefficient (Wildman–Crippen LogP) is 1.08. The van der Waals surface area contributed by atoms with Gasteiger partial charge in [0.15, 0.2) is 0 Å². The Morgan fingerprint density at radius 3 is 2.38 bits per heavy atom. The first-order valence-corrected chi connectivity index (χ1v) is 3.79. The van der Waals surface area contributed by atoms with E-state index >= 15 is 0 Å². The van der Waals surface area contributed by atoms with Crippen LogP contribution in [0.15, 0.2) is 29.8 Å². The van der Waals surface area contributed by atoms with E-state index < -0.39 is 0 Å². The van der Waals surface area contributed by atoms with Crippen LogP contribution in [0.25, 0.3) is 5.70 Å². The van der Waals surface area contributed by atoms with E-state index in [0.717, 1.165) is 0 Å². The maximum atomic E-state index is 11.5. The van der Waals surface area contributed by atoms with Crippen molar-refractivity contribution in [3.8, 4) is 6.07 Å². The lowest BCUT2D eigenvalue weighted by atomic mass is 10.1. The Hall–Kier alpha value is -2.08. The van der Waals surface area contributed by atoms with Crippen LogP contribution in [-0.4, -0.2) is 5.78 Å². The largest absolute Gasteiger partial charge is 0.397 e. The van der Waals surface area contributed by atoms with Crippen LogP contribution in [-0.2, 0) is 0 Å². The molecule has 0 unspecified atom stereocenters. The van der Waals surface area contributed by atoms with Crippen LogP contribution in [0.4, 0.5) is 0 Å². The molecular formula is C10H6N2O. The van der Waals surface area contributed by atoms with Gasteiger partial charge in [0, 0.05) is 11.1 Å². The summed E-state index contributed by atoms with van der Waals surface area (Å²) in [4.78, 5) is 11.5. The molecule has 0 saturated carbocycles. The van der Waals surface area contributed by atoms with Gasteiger partial charge in [0.25, 0.3) is 0 Å². The Bertz CT molecular complexity index is 466. The van der Waals surface area contributed by atoms with Crippen LogP contribution in [0.2, 0.25) is 0 Å². The molecule has 0 aromatic heterocycles. The van der Waals surface area contributed by atoms with Gasteiger partial charge in [-0.3, -0.25) is 4.79 Å². The third-order valence-corrected chi connectivity index (χ3v) is 2.07. The van der Waals surface area contributed by atoms with Gasteiger partial charge in [-0.25, -0.2) is 0 Å². The van der Waals surface area contributed by atoms with Gasteiger partial charge in [-0.05, 0) is 0 Å². The summed E-state index contributed by atoms with van der Waals surface area (Å²) in [6.07, 6.45) is 0. The average molecular weight is 170 g/mol. The number of rotatable bonds is 0. The van der Waals surface area contributed by atoms with Crippen molar-refractivity contribution in [3.63, 3.8) is 0 Å². The van der Waals surface area contributed by atoms with E-state index in [1.807, 2.05) is 6.07 Å². The Morgan fingerprint density at radius 1 is 1.23 bits per heavy atom. The summed E-state index contributed by atoms with van der Waals surface area (Å²) < 4.78 is 0. The molecule has 0 bridgehead atoms. The van der Waals surface area contributed by atoms with Crippen molar-refractivity contribution in [2.45, 2.75) is 0 Å². The molecule has 13 heavy (non-hydrogen) atoms. The van der Waals surface area contributed by atoms with Crippen molar-refractivity contribution in [2.24, 2.45) is 5.73 Å². The van der Waals surface area contributed by atoms with Gasteiger partial charge in [-0.2, -0.15) is 5.26 Å². The molecule has 1 aliphatic rings. The number of hydrogen-bond donors (Lipinski definition) is 1. The summed E-state index contributed by atoms with van der Waals surface area (Å²) in [5.41, 5.74) is 7.17. The van der Waals surface area contributed by atoms with Crippen LogP contribution in [0.5, 0.6) is 0 Å². The second-order valence-corrected chi connectivity index (χ2v) is 2.78. The standard InChI is InChI=1S/C10H6N2O/c11-5-8-9(12)6-3-1-2-4-7(6)10(8)13/h1-4H,12H2. The third-order valence-electron chi connectivity index (χ3n) is 2.07. The lowest BCUT2D eigenvalue weighted by molar-refractivity contribution is 0.104. The lowest BCUT2D eigenvalue weighted by Crippen LogP contribution is -1.97. The zero-order valence-corrected chi connectivity index (χ0v) is 6.74. The molecular weight excluding hydrogens is 164 g/mol. The summed E-state index contributed by atoms with van der Waals surface area (Å²) in [5, 5.41) is 8.67. The van der Waals surface area contributed by atoms with Crippen LogP contribution >= 0.6 is 0 Å². The molecule has 2 rings (SSSR count). The molecule has 1 aromatic rings. The molecule has 2 N–H and O–H groups in total. The fourth-order valence-electron chi connectivity index (χ4n) is 1.42. The lowest BCUT2D eigenvalue weighted by Gasteiger charge is -1.95. The maximum absolute atomic E-state index is 11.5. The molecule has 0 radical (unpaired) electrons. The minimum absolute atomic E-state index is 0.0567. The molecule has 0 spiro atoms. The second kappa shape index (κ2) is 2.46. The van der Waals surface area contributed by atoms with Crippen molar-refractivity contribution >= 4 is 11.5 Å². The van der Waals surface area contributed by atoms with Crippen LogP contribution in [0, 0.1) is 11.3 Å². The summed E-state index contributed by atoms with van der Waals surface area (Å²) in [5.74, 6) is -0.268. The van der Waals surface area contributed by atoms with Gasteiger partial charge in [-0.1, -0.05) is 24.3 Å². The van der Waals surface area contributed by atoms with E-state index in [0.29, 0.717) is 16.8 Å². The highest BCUT2D eigenvalue weighted by atomic mass is 16.1. The molecule has 3 nitrogen and oxygen atoms in total. The zero-order valence-electron chi connectivity index (χ0n) is 6.74. The molecule has 0 atom stereocenters. The molecule has 1 aromatic carbocycles. The topological polar surface area (TPSA) is 66.9 Å². The van der Waals surface area contributed by atoms with E-state index in [1.54, 1.807) is 24.3 Å². The number of nitrogens with two attached hydrogens (primary N) is 1. The number of carbonyl (C=O) groups is 1. The first-order valence-electron chi connectivity index (χ1n) is 3.79. The molecule has 3 heteroatoms. The van der Waals surface area contributed by atoms with E-state index in [4.69, 9.17) is 11.0 Å². The van der Waals surface area contributed by atoms with Crippen molar-refractivity contribution in [1.29, 1.82) is 5.26 Å². The number of Topliss-reactive ketones (excluding diaryl/α,β-unsaturated/α-hetero) is 1. The highest BCUT2D eigenvalue weighted by Crippen LogP contribution is 2.28. The van der Waals surface area contributed by atoms with E-state index in [2.05, 4.69) is 0 Å². The van der Waals surface area contributed by atoms with Gasteiger partial charge in [0.2, 0.25) is 5.78 Å². The minimum Gasteiger partial charge on any atom is -0.397 e.